The number of aromatic nitrogens is 2. The van der Waals surface area contributed by atoms with Crippen molar-refractivity contribution in [3.8, 4) is 0 Å². The Kier molecular flexibility index (Phi) is 3.42. The first-order valence-corrected chi connectivity index (χ1v) is 5.71. The summed E-state index contributed by atoms with van der Waals surface area (Å²) in [6, 6.07) is 9.14. The lowest BCUT2D eigenvalue weighted by Crippen LogP contribution is -2.08. The molecule has 1 aromatic heterocycles. The Hall–Kier alpha value is -1.76. The van der Waals surface area contributed by atoms with Crippen molar-refractivity contribution in [1.82, 2.24) is 10.2 Å². The number of alkyl halides is 3. The van der Waals surface area contributed by atoms with Crippen LogP contribution in [0, 0.1) is 0 Å². The molecule has 0 saturated carbocycles. The lowest BCUT2D eigenvalue weighted by atomic mass is 10.3. The highest BCUT2D eigenvalue weighted by molar-refractivity contribution is 7.99. The van der Waals surface area contributed by atoms with Gasteiger partial charge in [-0.1, -0.05) is 11.8 Å². The molecule has 1 heterocycles. The molecule has 7 heteroatoms. The minimum atomic E-state index is -4.46. The van der Waals surface area contributed by atoms with E-state index in [0.717, 1.165) is 11.0 Å². The fourth-order valence-electron chi connectivity index (χ4n) is 1.18. The highest BCUT2D eigenvalue weighted by Crippen LogP contribution is 2.30. The molecule has 0 aliphatic carbocycles. The minimum Gasteiger partial charge on any atom is -0.399 e. The maximum absolute atomic E-state index is 12.3. The zero-order valence-electron chi connectivity index (χ0n) is 8.98. The zero-order valence-corrected chi connectivity index (χ0v) is 9.79. The Morgan fingerprint density at radius 3 is 2.11 bits per heavy atom. The van der Waals surface area contributed by atoms with E-state index in [0.29, 0.717) is 10.7 Å². The van der Waals surface area contributed by atoms with E-state index >= 15 is 0 Å². The van der Waals surface area contributed by atoms with Crippen LogP contribution in [-0.2, 0) is 6.18 Å². The van der Waals surface area contributed by atoms with E-state index in [4.69, 9.17) is 5.73 Å². The third-order valence-electron chi connectivity index (χ3n) is 2.03. The molecule has 2 aromatic rings. The molecule has 0 fully saturated rings. The SMILES string of the molecule is Nc1ccc(Sc2ccc(C(F)(F)F)nn2)cc1. The Morgan fingerprint density at radius 1 is 0.944 bits per heavy atom. The van der Waals surface area contributed by atoms with E-state index in [2.05, 4.69) is 10.2 Å². The summed E-state index contributed by atoms with van der Waals surface area (Å²) in [6.07, 6.45) is -4.46. The van der Waals surface area contributed by atoms with Crippen LogP contribution in [0.1, 0.15) is 5.69 Å². The van der Waals surface area contributed by atoms with Gasteiger partial charge in [0.05, 0.1) is 0 Å². The summed E-state index contributed by atoms with van der Waals surface area (Å²) in [5.41, 5.74) is 5.15. The van der Waals surface area contributed by atoms with Crippen molar-refractivity contribution in [2.24, 2.45) is 0 Å². The molecule has 0 aliphatic heterocycles. The number of halogens is 3. The third kappa shape index (κ3) is 3.13. The summed E-state index contributed by atoms with van der Waals surface area (Å²) in [6.45, 7) is 0. The summed E-state index contributed by atoms with van der Waals surface area (Å²) in [4.78, 5) is 0.832. The van der Waals surface area contributed by atoms with Gasteiger partial charge >= 0.3 is 6.18 Å². The van der Waals surface area contributed by atoms with Crippen molar-refractivity contribution in [3.63, 3.8) is 0 Å². The summed E-state index contributed by atoms with van der Waals surface area (Å²) < 4.78 is 36.8. The number of nitrogens with two attached hydrogens (primary N) is 1. The van der Waals surface area contributed by atoms with Gasteiger partial charge in [-0.05, 0) is 36.4 Å². The lowest BCUT2D eigenvalue weighted by Gasteiger charge is -2.05. The number of hydrogen-bond donors (Lipinski definition) is 1. The molecule has 2 N–H and O–H groups in total. The molecule has 2 rings (SSSR count). The molecule has 0 aliphatic rings. The Bertz CT molecular complexity index is 523. The van der Waals surface area contributed by atoms with E-state index in [1.807, 2.05) is 0 Å². The first kappa shape index (κ1) is 12.7. The molecule has 0 spiro atoms. The van der Waals surface area contributed by atoms with Crippen LogP contribution in [0.3, 0.4) is 0 Å². The number of rotatable bonds is 2. The van der Waals surface area contributed by atoms with Crippen LogP contribution in [0.5, 0.6) is 0 Å². The van der Waals surface area contributed by atoms with E-state index < -0.39 is 11.9 Å². The fourth-order valence-corrected chi connectivity index (χ4v) is 1.91. The Labute approximate surface area is 105 Å². The minimum absolute atomic E-state index is 0.396. The monoisotopic (exact) mass is 271 g/mol. The molecular formula is C11H8F3N3S. The molecule has 0 radical (unpaired) electrons. The van der Waals surface area contributed by atoms with Gasteiger partial charge in [0.25, 0.3) is 0 Å². The van der Waals surface area contributed by atoms with Crippen molar-refractivity contribution < 1.29 is 13.2 Å². The van der Waals surface area contributed by atoms with Gasteiger partial charge in [-0.25, -0.2) is 0 Å². The zero-order chi connectivity index (χ0) is 13.2. The molecule has 0 saturated heterocycles. The number of nitrogen functional groups attached to an aromatic ring is 1. The van der Waals surface area contributed by atoms with Gasteiger partial charge in [0.15, 0.2) is 5.69 Å². The van der Waals surface area contributed by atoms with E-state index in [-0.39, 0.29) is 0 Å². The summed E-state index contributed by atoms with van der Waals surface area (Å²) >= 11 is 1.22. The number of nitrogens with zero attached hydrogens (tertiary/aromatic N) is 2. The highest BCUT2D eigenvalue weighted by atomic mass is 32.2. The van der Waals surface area contributed by atoms with Gasteiger partial charge < -0.3 is 5.73 Å². The second kappa shape index (κ2) is 4.85. The van der Waals surface area contributed by atoms with Crippen LogP contribution in [0.15, 0.2) is 46.3 Å². The maximum Gasteiger partial charge on any atom is 0.435 e. The van der Waals surface area contributed by atoms with Crippen LogP contribution in [-0.4, -0.2) is 10.2 Å². The fraction of sp³-hybridized carbons (Fsp3) is 0.0909. The van der Waals surface area contributed by atoms with Gasteiger partial charge in [0.1, 0.15) is 5.03 Å². The smallest absolute Gasteiger partial charge is 0.399 e. The van der Waals surface area contributed by atoms with Crippen LogP contribution in [0.25, 0.3) is 0 Å². The van der Waals surface area contributed by atoms with Crippen LogP contribution in [0.2, 0.25) is 0 Å². The summed E-state index contributed by atoms with van der Waals surface area (Å²) in [7, 11) is 0. The maximum atomic E-state index is 12.3. The number of hydrogen-bond acceptors (Lipinski definition) is 4. The molecule has 1 aromatic carbocycles. The van der Waals surface area contributed by atoms with Crippen molar-refractivity contribution >= 4 is 17.4 Å². The largest absolute Gasteiger partial charge is 0.435 e. The molecular weight excluding hydrogens is 263 g/mol. The lowest BCUT2D eigenvalue weighted by molar-refractivity contribution is -0.141. The summed E-state index contributed by atoms with van der Waals surface area (Å²) in [5.74, 6) is 0. The van der Waals surface area contributed by atoms with Gasteiger partial charge in [-0.3, -0.25) is 0 Å². The van der Waals surface area contributed by atoms with Crippen molar-refractivity contribution in [3.05, 3.63) is 42.1 Å². The molecule has 0 amide bonds. The van der Waals surface area contributed by atoms with Gasteiger partial charge in [0, 0.05) is 10.6 Å². The molecule has 0 bridgehead atoms. The molecule has 3 nitrogen and oxygen atoms in total. The average molecular weight is 271 g/mol. The second-order valence-electron chi connectivity index (χ2n) is 3.43. The first-order valence-electron chi connectivity index (χ1n) is 4.89. The van der Waals surface area contributed by atoms with Gasteiger partial charge in [-0.15, -0.1) is 10.2 Å². The van der Waals surface area contributed by atoms with Crippen molar-refractivity contribution in [2.75, 3.05) is 5.73 Å². The predicted octanol–water partition coefficient (Wildman–Crippen LogP) is 3.23. The average Bonchev–Trinajstić information content (AvgIpc) is 2.32. The van der Waals surface area contributed by atoms with E-state index in [9.17, 15) is 13.2 Å². The third-order valence-corrected chi connectivity index (χ3v) is 2.97. The number of benzene rings is 1. The topological polar surface area (TPSA) is 51.8 Å². The molecule has 18 heavy (non-hydrogen) atoms. The second-order valence-corrected chi connectivity index (χ2v) is 4.52. The van der Waals surface area contributed by atoms with Crippen LogP contribution < -0.4 is 5.73 Å². The molecule has 0 atom stereocenters. The van der Waals surface area contributed by atoms with E-state index in [1.54, 1.807) is 24.3 Å². The highest BCUT2D eigenvalue weighted by Gasteiger charge is 2.32. The summed E-state index contributed by atoms with van der Waals surface area (Å²) in [5, 5.41) is 7.06. The van der Waals surface area contributed by atoms with Gasteiger partial charge in [-0.2, -0.15) is 13.2 Å². The first-order chi connectivity index (χ1) is 8.45. The van der Waals surface area contributed by atoms with Crippen molar-refractivity contribution in [2.45, 2.75) is 16.1 Å². The number of anilines is 1. The van der Waals surface area contributed by atoms with Crippen molar-refractivity contribution in [1.29, 1.82) is 0 Å². The standard InChI is InChI=1S/C11H8F3N3S/c12-11(13,14)9-5-6-10(17-16-9)18-8-3-1-7(15)2-4-8/h1-6H,15H2. The molecule has 94 valence electrons. The quantitative estimate of drug-likeness (QED) is 0.852. The van der Waals surface area contributed by atoms with Crippen LogP contribution >= 0.6 is 11.8 Å². The normalized spacial score (nSPS) is 11.5. The Morgan fingerprint density at radius 2 is 1.61 bits per heavy atom. The van der Waals surface area contributed by atoms with Gasteiger partial charge in [0.2, 0.25) is 0 Å². The predicted molar refractivity (Wildman–Crippen MR) is 62.0 cm³/mol. The van der Waals surface area contributed by atoms with E-state index in [1.165, 1.54) is 17.8 Å². The Balaban J connectivity index is 2.13. The van der Waals surface area contributed by atoms with Crippen LogP contribution in [0.4, 0.5) is 18.9 Å². The molecule has 0 unspecified atom stereocenters.